The summed E-state index contributed by atoms with van der Waals surface area (Å²) in [6.45, 7) is 0.694. The van der Waals surface area contributed by atoms with Gasteiger partial charge < -0.3 is 9.88 Å². The van der Waals surface area contributed by atoms with E-state index >= 15 is 4.39 Å². The van der Waals surface area contributed by atoms with Gasteiger partial charge in [0.15, 0.2) is 5.82 Å². The number of carbonyl (C=O) groups excluding carboxylic acids is 1. The van der Waals surface area contributed by atoms with Crippen molar-refractivity contribution in [3.8, 4) is 0 Å². The minimum absolute atomic E-state index is 0.0631. The van der Waals surface area contributed by atoms with Crippen LogP contribution in [0.2, 0.25) is 0 Å². The normalized spacial score (nSPS) is 17.9. The zero-order valence-corrected chi connectivity index (χ0v) is 22.8. The SMILES string of the molecule is Cn1c(=O)ccc2ccc(CN3CCC(CC4CC4)(C(=O)NCc4cc(C(F)(F)F)cc(C(F)(F)F)c4)CC3)c(F)c21. The Kier molecular flexibility index (Phi) is 7.88. The molecule has 12 heteroatoms. The fourth-order valence-corrected chi connectivity index (χ4v) is 5.87. The van der Waals surface area contributed by atoms with Crippen molar-refractivity contribution in [2.45, 2.75) is 57.5 Å². The lowest BCUT2D eigenvalue weighted by molar-refractivity contribution is -0.143. The first-order chi connectivity index (χ1) is 19.7. The Morgan fingerprint density at radius 2 is 1.55 bits per heavy atom. The molecule has 2 heterocycles. The van der Waals surface area contributed by atoms with Crippen LogP contribution in [0, 0.1) is 17.2 Å². The summed E-state index contributed by atoms with van der Waals surface area (Å²) in [4.78, 5) is 27.5. The minimum atomic E-state index is -4.97. The number of nitrogens with one attached hydrogen (secondary N) is 1. The molecule has 0 radical (unpaired) electrons. The number of alkyl halides is 6. The molecule has 0 bridgehead atoms. The van der Waals surface area contributed by atoms with Crippen molar-refractivity contribution in [1.82, 2.24) is 14.8 Å². The molecule has 1 amide bonds. The Bertz CT molecular complexity index is 1520. The van der Waals surface area contributed by atoms with Crippen LogP contribution >= 0.6 is 0 Å². The van der Waals surface area contributed by atoms with Crippen LogP contribution in [-0.4, -0.2) is 28.5 Å². The number of hydrogen-bond donors (Lipinski definition) is 1. The number of likely N-dealkylation sites (tertiary alicyclic amines) is 1. The molecule has 5 nitrogen and oxygen atoms in total. The van der Waals surface area contributed by atoms with E-state index in [1.54, 1.807) is 18.2 Å². The Morgan fingerprint density at radius 3 is 2.12 bits per heavy atom. The van der Waals surface area contributed by atoms with Crippen LogP contribution in [0.4, 0.5) is 30.7 Å². The van der Waals surface area contributed by atoms with Gasteiger partial charge in [-0.3, -0.25) is 14.5 Å². The van der Waals surface area contributed by atoms with E-state index in [1.807, 2.05) is 4.90 Å². The first kappa shape index (κ1) is 30.1. The van der Waals surface area contributed by atoms with Gasteiger partial charge in [-0.25, -0.2) is 4.39 Å². The summed E-state index contributed by atoms with van der Waals surface area (Å²) in [5.74, 6) is -0.543. The van der Waals surface area contributed by atoms with Crippen molar-refractivity contribution in [3.63, 3.8) is 0 Å². The number of piperidine rings is 1. The van der Waals surface area contributed by atoms with Crippen molar-refractivity contribution in [1.29, 1.82) is 0 Å². The molecule has 1 N–H and O–H groups in total. The first-order valence-corrected chi connectivity index (χ1v) is 13.7. The highest BCUT2D eigenvalue weighted by Crippen LogP contribution is 2.46. The topological polar surface area (TPSA) is 54.3 Å². The molecule has 1 aromatic heterocycles. The van der Waals surface area contributed by atoms with Crippen LogP contribution < -0.4 is 10.9 Å². The van der Waals surface area contributed by atoms with Crippen LogP contribution in [-0.2, 0) is 37.3 Å². The quantitative estimate of drug-likeness (QED) is 0.320. The van der Waals surface area contributed by atoms with Crippen molar-refractivity contribution in [2.75, 3.05) is 13.1 Å². The van der Waals surface area contributed by atoms with Crippen molar-refractivity contribution in [2.24, 2.45) is 18.4 Å². The van der Waals surface area contributed by atoms with E-state index < -0.39 is 47.2 Å². The van der Waals surface area contributed by atoms with Gasteiger partial charge in [0.05, 0.1) is 22.1 Å². The summed E-state index contributed by atoms with van der Waals surface area (Å²) in [5, 5.41) is 3.22. The Morgan fingerprint density at radius 1 is 0.952 bits per heavy atom. The van der Waals surface area contributed by atoms with Gasteiger partial charge in [-0.1, -0.05) is 25.0 Å². The summed E-state index contributed by atoms with van der Waals surface area (Å²) < 4.78 is 96.3. The van der Waals surface area contributed by atoms with Gasteiger partial charge in [0.1, 0.15) is 0 Å². The van der Waals surface area contributed by atoms with Gasteiger partial charge in [0, 0.05) is 37.2 Å². The number of aryl methyl sites for hydroxylation is 1. The zero-order valence-electron chi connectivity index (χ0n) is 22.8. The van der Waals surface area contributed by atoms with Crippen molar-refractivity contribution < 1.29 is 35.5 Å². The summed E-state index contributed by atoms with van der Waals surface area (Å²) >= 11 is 0. The molecule has 2 fully saturated rings. The molecule has 5 rings (SSSR count). The lowest BCUT2D eigenvalue weighted by atomic mass is 9.73. The Labute approximate surface area is 237 Å². The van der Waals surface area contributed by atoms with Crippen LogP contribution in [0.1, 0.15) is 54.4 Å². The number of nitrogens with zero attached hydrogens (tertiary/aromatic N) is 2. The second kappa shape index (κ2) is 11.0. The first-order valence-electron chi connectivity index (χ1n) is 13.7. The lowest BCUT2D eigenvalue weighted by Gasteiger charge is -2.41. The van der Waals surface area contributed by atoms with Crippen molar-refractivity contribution in [3.05, 3.63) is 80.9 Å². The van der Waals surface area contributed by atoms with E-state index in [4.69, 9.17) is 0 Å². The summed E-state index contributed by atoms with van der Waals surface area (Å²) in [7, 11) is 1.51. The molecule has 1 aliphatic heterocycles. The number of halogens is 7. The number of pyridine rings is 1. The molecule has 226 valence electrons. The fourth-order valence-electron chi connectivity index (χ4n) is 5.87. The molecule has 42 heavy (non-hydrogen) atoms. The lowest BCUT2D eigenvalue weighted by Crippen LogP contribution is -2.48. The second-order valence-corrected chi connectivity index (χ2v) is 11.5. The molecule has 1 aliphatic carbocycles. The van der Waals surface area contributed by atoms with E-state index in [1.165, 1.54) is 17.7 Å². The minimum Gasteiger partial charge on any atom is -0.352 e. The number of amides is 1. The number of benzene rings is 2. The standard InChI is InChI=1S/C30H30F7N3O2/c1-39-24(41)7-6-20-4-5-21(25(31)26(20)39)17-40-10-8-28(9-11-40,15-18-2-3-18)27(42)38-16-19-12-22(29(32,33)34)14-23(13-19)30(35,36)37/h4-7,12-14,18H,2-3,8-11,15-17H2,1H3,(H,38,42). The molecule has 1 saturated heterocycles. The monoisotopic (exact) mass is 597 g/mol. The average molecular weight is 598 g/mol. The van der Waals surface area contributed by atoms with E-state index in [9.17, 15) is 35.9 Å². The third kappa shape index (κ3) is 6.33. The van der Waals surface area contributed by atoms with Crippen LogP contribution in [0.5, 0.6) is 0 Å². The van der Waals surface area contributed by atoms with E-state index in [0.29, 0.717) is 61.4 Å². The highest BCUT2D eigenvalue weighted by atomic mass is 19.4. The molecular formula is C30H30F7N3O2. The maximum absolute atomic E-state index is 15.4. The third-order valence-electron chi connectivity index (χ3n) is 8.46. The van der Waals surface area contributed by atoms with E-state index in [2.05, 4.69) is 5.32 Å². The van der Waals surface area contributed by atoms with E-state index in [0.717, 1.165) is 12.8 Å². The number of fused-ring (bicyclic) bond motifs is 1. The van der Waals surface area contributed by atoms with Gasteiger partial charge >= 0.3 is 12.4 Å². The predicted octanol–water partition coefficient (Wildman–Crippen LogP) is 6.41. The largest absolute Gasteiger partial charge is 0.416 e. The molecule has 3 aromatic rings. The van der Waals surface area contributed by atoms with Crippen LogP contribution in [0.15, 0.2) is 47.3 Å². The van der Waals surface area contributed by atoms with Gasteiger partial charge in [-0.15, -0.1) is 0 Å². The number of aromatic nitrogens is 1. The zero-order chi connectivity index (χ0) is 30.4. The Balaban J connectivity index is 1.30. The molecule has 2 aromatic carbocycles. The number of rotatable bonds is 7. The smallest absolute Gasteiger partial charge is 0.352 e. The highest BCUT2D eigenvalue weighted by molar-refractivity contribution is 5.83. The van der Waals surface area contributed by atoms with Gasteiger partial charge in [-0.2, -0.15) is 26.3 Å². The average Bonchev–Trinajstić information content (AvgIpc) is 3.74. The van der Waals surface area contributed by atoms with Gasteiger partial charge in [0.25, 0.3) is 5.56 Å². The number of hydrogen-bond acceptors (Lipinski definition) is 3. The maximum Gasteiger partial charge on any atom is 0.416 e. The maximum atomic E-state index is 15.4. The molecule has 0 atom stereocenters. The summed E-state index contributed by atoms with van der Waals surface area (Å²) in [5.41, 5.74) is -3.67. The molecule has 0 spiro atoms. The van der Waals surface area contributed by atoms with Gasteiger partial charge in [0.2, 0.25) is 5.91 Å². The third-order valence-corrected chi connectivity index (χ3v) is 8.46. The number of carbonyl (C=O) groups is 1. The molecular weight excluding hydrogens is 567 g/mol. The Hall–Kier alpha value is -3.41. The van der Waals surface area contributed by atoms with Crippen LogP contribution in [0.25, 0.3) is 10.9 Å². The van der Waals surface area contributed by atoms with E-state index in [-0.39, 0.29) is 29.3 Å². The molecule has 0 unspecified atom stereocenters. The predicted molar refractivity (Wildman–Crippen MR) is 142 cm³/mol. The van der Waals surface area contributed by atoms with Gasteiger partial charge in [-0.05, 0) is 68.1 Å². The molecule has 1 saturated carbocycles. The van der Waals surface area contributed by atoms with Crippen molar-refractivity contribution >= 4 is 16.8 Å². The fraction of sp³-hybridized carbons (Fsp3) is 0.467. The summed E-state index contributed by atoms with van der Waals surface area (Å²) in [6.07, 6.45) is -6.61. The summed E-state index contributed by atoms with van der Waals surface area (Å²) in [6, 6.07) is 7.68. The van der Waals surface area contributed by atoms with Crippen LogP contribution in [0.3, 0.4) is 0 Å². The molecule has 2 aliphatic rings. The second-order valence-electron chi connectivity index (χ2n) is 11.5. The highest BCUT2D eigenvalue weighted by Gasteiger charge is 2.45.